The molecule has 3 N–H and O–H groups in total. The van der Waals surface area contributed by atoms with Gasteiger partial charge < -0.3 is 15.6 Å². The lowest BCUT2D eigenvalue weighted by atomic mass is 9.72. The molecule has 156 valence electrons. The van der Waals surface area contributed by atoms with E-state index in [1.807, 2.05) is 53.7 Å². The van der Waals surface area contributed by atoms with E-state index in [9.17, 15) is 9.90 Å². The SMILES string of the molecule is CC.CC(C)(C)OC(=O)C1(C)CC/C(=C(/N)CO)C(=Nc2cccc(Cl)c2)C1. The molecule has 1 unspecified atom stereocenters. The quantitative estimate of drug-likeness (QED) is 0.675. The fourth-order valence-corrected chi connectivity index (χ4v) is 3.12. The first kappa shape index (κ1) is 24.2. The highest BCUT2D eigenvalue weighted by Crippen LogP contribution is 2.40. The Labute approximate surface area is 173 Å². The molecule has 1 aromatic carbocycles. The standard InChI is InChI=1S/C20H27ClN2O3.C2H6/c1-19(2,3)26-18(25)20(4)9-8-15(16(22)12-24)17(11-20)23-14-7-5-6-13(21)10-14;1-2/h5-7,10,24H,8-9,11-12,22H2,1-4H3;1-2H3/b16-15-,23-17?;. The molecule has 28 heavy (non-hydrogen) atoms. The summed E-state index contributed by atoms with van der Waals surface area (Å²) in [5.74, 6) is -0.245. The Morgan fingerprint density at radius 2 is 2.00 bits per heavy atom. The van der Waals surface area contributed by atoms with Gasteiger partial charge in [-0.1, -0.05) is 31.5 Å². The molecule has 2 rings (SSSR count). The second kappa shape index (κ2) is 10.1. The Kier molecular flexibility index (Phi) is 8.71. The minimum atomic E-state index is -0.691. The number of allylic oxidation sites excluding steroid dienone is 1. The maximum Gasteiger partial charge on any atom is 0.312 e. The lowest BCUT2D eigenvalue weighted by molar-refractivity contribution is -0.166. The van der Waals surface area contributed by atoms with E-state index < -0.39 is 11.0 Å². The van der Waals surface area contributed by atoms with Crippen LogP contribution in [0.4, 0.5) is 5.69 Å². The number of benzene rings is 1. The minimum Gasteiger partial charge on any atom is -0.460 e. The van der Waals surface area contributed by atoms with Crippen LogP contribution in [-0.2, 0) is 9.53 Å². The molecule has 0 amide bonds. The van der Waals surface area contributed by atoms with Gasteiger partial charge in [0.2, 0.25) is 0 Å². The number of nitrogens with zero attached hydrogens (tertiary/aromatic N) is 1. The number of aliphatic hydroxyl groups is 1. The largest absolute Gasteiger partial charge is 0.460 e. The maximum atomic E-state index is 12.7. The fourth-order valence-electron chi connectivity index (χ4n) is 2.94. The predicted octanol–water partition coefficient (Wildman–Crippen LogP) is 5.18. The van der Waals surface area contributed by atoms with Crippen molar-refractivity contribution in [2.45, 2.75) is 66.4 Å². The summed E-state index contributed by atoms with van der Waals surface area (Å²) in [5.41, 5.74) is 7.32. The number of rotatable bonds is 3. The fraction of sp³-hybridized carbons (Fsp3) is 0.545. The Morgan fingerprint density at radius 3 is 2.54 bits per heavy atom. The van der Waals surface area contributed by atoms with Crippen LogP contribution in [0, 0.1) is 5.41 Å². The highest BCUT2D eigenvalue weighted by atomic mass is 35.5. The number of halogens is 1. The average molecular weight is 409 g/mol. The minimum absolute atomic E-state index is 0.243. The molecule has 1 fully saturated rings. The van der Waals surface area contributed by atoms with Gasteiger partial charge in [-0.05, 0) is 64.3 Å². The smallest absolute Gasteiger partial charge is 0.312 e. The molecule has 6 heteroatoms. The highest BCUT2D eigenvalue weighted by molar-refractivity contribution is 6.30. The van der Waals surface area contributed by atoms with Crippen molar-refractivity contribution in [1.29, 1.82) is 0 Å². The number of esters is 1. The number of aliphatic hydroxyl groups excluding tert-OH is 1. The predicted molar refractivity (Wildman–Crippen MR) is 116 cm³/mol. The van der Waals surface area contributed by atoms with Gasteiger partial charge in [0.05, 0.1) is 17.7 Å². The summed E-state index contributed by atoms with van der Waals surface area (Å²) in [7, 11) is 0. The number of ether oxygens (including phenoxy) is 1. The summed E-state index contributed by atoms with van der Waals surface area (Å²) in [4.78, 5) is 17.4. The molecular formula is C22H33ClN2O3. The van der Waals surface area contributed by atoms with Gasteiger partial charge in [-0.2, -0.15) is 0 Å². The normalized spacial score (nSPS) is 22.9. The zero-order chi connectivity index (χ0) is 21.5. The zero-order valence-corrected chi connectivity index (χ0v) is 18.6. The van der Waals surface area contributed by atoms with Crippen molar-refractivity contribution in [3.05, 3.63) is 40.6 Å². The second-order valence-electron chi connectivity index (χ2n) is 7.94. The van der Waals surface area contributed by atoms with Gasteiger partial charge in [0.25, 0.3) is 0 Å². The number of hydrogen-bond acceptors (Lipinski definition) is 5. The van der Waals surface area contributed by atoms with Crippen molar-refractivity contribution < 1.29 is 14.6 Å². The van der Waals surface area contributed by atoms with Crippen LogP contribution in [-0.4, -0.2) is 29.0 Å². The van der Waals surface area contributed by atoms with Crippen LogP contribution in [0.2, 0.25) is 5.02 Å². The van der Waals surface area contributed by atoms with Gasteiger partial charge in [0.15, 0.2) is 0 Å². The molecule has 0 saturated heterocycles. The van der Waals surface area contributed by atoms with E-state index in [0.717, 1.165) is 5.57 Å². The van der Waals surface area contributed by atoms with Gasteiger partial charge in [-0.3, -0.25) is 9.79 Å². The van der Waals surface area contributed by atoms with E-state index in [2.05, 4.69) is 4.99 Å². The third-order valence-electron chi connectivity index (χ3n) is 4.35. The van der Waals surface area contributed by atoms with Crippen molar-refractivity contribution in [2.24, 2.45) is 16.1 Å². The van der Waals surface area contributed by atoms with Crippen LogP contribution < -0.4 is 5.73 Å². The molecule has 0 spiro atoms. The Hall–Kier alpha value is -1.85. The molecule has 0 aliphatic heterocycles. The number of nitrogens with two attached hydrogens (primary N) is 1. The first-order chi connectivity index (χ1) is 13.0. The lowest BCUT2D eigenvalue weighted by Gasteiger charge is -2.36. The summed E-state index contributed by atoms with van der Waals surface area (Å²) < 4.78 is 5.61. The Morgan fingerprint density at radius 1 is 1.36 bits per heavy atom. The van der Waals surface area contributed by atoms with E-state index in [1.54, 1.807) is 12.1 Å². The number of aliphatic imine (C=N–C) groups is 1. The summed E-state index contributed by atoms with van der Waals surface area (Å²) in [5, 5.41) is 10.0. The second-order valence-corrected chi connectivity index (χ2v) is 8.38. The molecule has 1 atom stereocenters. The van der Waals surface area contributed by atoms with E-state index in [0.29, 0.717) is 41.4 Å². The van der Waals surface area contributed by atoms with Crippen LogP contribution in [0.15, 0.2) is 40.5 Å². The average Bonchev–Trinajstić information content (AvgIpc) is 2.61. The number of carbonyl (C=O) groups is 1. The van der Waals surface area contributed by atoms with E-state index in [-0.39, 0.29) is 12.6 Å². The molecule has 1 aliphatic rings. The van der Waals surface area contributed by atoms with Crippen molar-refractivity contribution in [1.82, 2.24) is 0 Å². The Bertz CT molecular complexity index is 750. The van der Waals surface area contributed by atoms with Gasteiger partial charge in [0, 0.05) is 22.9 Å². The van der Waals surface area contributed by atoms with Crippen LogP contribution in [0.3, 0.4) is 0 Å². The summed E-state index contributed by atoms with van der Waals surface area (Å²) in [6.45, 7) is 11.2. The third kappa shape index (κ3) is 6.64. The van der Waals surface area contributed by atoms with Gasteiger partial charge in [-0.15, -0.1) is 0 Å². The summed E-state index contributed by atoms with van der Waals surface area (Å²) in [6, 6.07) is 7.18. The zero-order valence-electron chi connectivity index (χ0n) is 17.8. The first-order valence-electron chi connectivity index (χ1n) is 9.69. The first-order valence-corrected chi connectivity index (χ1v) is 10.1. The van der Waals surface area contributed by atoms with E-state index >= 15 is 0 Å². The van der Waals surface area contributed by atoms with Crippen molar-refractivity contribution >= 4 is 29.0 Å². The molecule has 0 bridgehead atoms. The molecular weight excluding hydrogens is 376 g/mol. The number of hydrogen-bond donors (Lipinski definition) is 2. The maximum absolute atomic E-state index is 12.7. The van der Waals surface area contributed by atoms with Crippen molar-refractivity contribution in [3.8, 4) is 0 Å². The van der Waals surface area contributed by atoms with Gasteiger partial charge in [-0.25, -0.2) is 0 Å². The molecule has 0 aromatic heterocycles. The van der Waals surface area contributed by atoms with Gasteiger partial charge in [0.1, 0.15) is 5.60 Å². The monoisotopic (exact) mass is 408 g/mol. The lowest BCUT2D eigenvalue weighted by Crippen LogP contribution is -2.40. The van der Waals surface area contributed by atoms with E-state index in [4.69, 9.17) is 22.1 Å². The number of carbonyl (C=O) groups excluding carboxylic acids is 1. The van der Waals surface area contributed by atoms with Crippen LogP contribution >= 0.6 is 11.6 Å². The Balaban J connectivity index is 0.00000190. The van der Waals surface area contributed by atoms with Gasteiger partial charge >= 0.3 is 5.97 Å². The highest BCUT2D eigenvalue weighted by Gasteiger charge is 2.42. The molecule has 0 heterocycles. The van der Waals surface area contributed by atoms with Crippen molar-refractivity contribution in [2.75, 3.05) is 6.61 Å². The third-order valence-corrected chi connectivity index (χ3v) is 4.59. The molecule has 0 radical (unpaired) electrons. The van der Waals surface area contributed by atoms with Crippen LogP contribution in [0.25, 0.3) is 0 Å². The summed E-state index contributed by atoms with van der Waals surface area (Å²) in [6.07, 6.45) is 1.54. The summed E-state index contributed by atoms with van der Waals surface area (Å²) >= 11 is 6.05. The molecule has 1 saturated carbocycles. The van der Waals surface area contributed by atoms with Crippen molar-refractivity contribution in [3.63, 3.8) is 0 Å². The van der Waals surface area contributed by atoms with Crippen LogP contribution in [0.5, 0.6) is 0 Å². The topological polar surface area (TPSA) is 84.9 Å². The molecule has 1 aliphatic carbocycles. The molecule has 1 aromatic rings. The van der Waals surface area contributed by atoms with E-state index in [1.165, 1.54) is 0 Å². The van der Waals surface area contributed by atoms with Crippen LogP contribution in [0.1, 0.15) is 60.8 Å². The molecule has 5 nitrogen and oxygen atoms in total.